The van der Waals surface area contributed by atoms with E-state index in [0.29, 0.717) is 24.5 Å². The van der Waals surface area contributed by atoms with Crippen LogP contribution in [0, 0.1) is 22.7 Å². The molecular weight excluding hydrogens is 636 g/mol. The number of anilines is 2. The Morgan fingerprint density at radius 3 is 2.05 bits per heavy atom. The van der Waals surface area contributed by atoms with E-state index in [0.717, 1.165) is 28.2 Å². The van der Waals surface area contributed by atoms with Crippen molar-refractivity contribution in [2.75, 3.05) is 23.7 Å². The predicted molar refractivity (Wildman–Crippen MR) is 159 cm³/mol. The Morgan fingerprint density at radius 2 is 1.50 bits per heavy atom. The van der Waals surface area contributed by atoms with Crippen LogP contribution >= 0.6 is 31.9 Å². The van der Waals surface area contributed by atoms with E-state index in [1.165, 1.54) is 0 Å². The lowest BCUT2D eigenvalue weighted by atomic mass is 9.70. The summed E-state index contributed by atoms with van der Waals surface area (Å²) in [6.45, 7) is 1.34. The summed E-state index contributed by atoms with van der Waals surface area (Å²) in [7, 11) is 0. The molecule has 2 aliphatic rings. The van der Waals surface area contributed by atoms with Gasteiger partial charge in [0.2, 0.25) is 0 Å². The number of hydrogen-bond acceptors (Lipinski definition) is 8. The second-order valence-corrected chi connectivity index (χ2v) is 11.7. The highest BCUT2D eigenvalue weighted by molar-refractivity contribution is 9.10. The lowest BCUT2D eigenvalue weighted by Gasteiger charge is -2.31. The van der Waals surface area contributed by atoms with Gasteiger partial charge in [0, 0.05) is 56.3 Å². The molecule has 0 spiro atoms. The van der Waals surface area contributed by atoms with Gasteiger partial charge < -0.3 is 16.4 Å². The van der Waals surface area contributed by atoms with Crippen LogP contribution in [0.15, 0.2) is 63.0 Å². The molecule has 10 heteroatoms. The summed E-state index contributed by atoms with van der Waals surface area (Å²) in [6, 6.07) is 17.9. The van der Waals surface area contributed by atoms with Gasteiger partial charge in [0.05, 0.1) is 11.8 Å². The maximum atomic E-state index is 14.1. The van der Waals surface area contributed by atoms with Crippen LogP contribution in [-0.4, -0.2) is 29.6 Å². The number of nitriles is 2. The Balaban J connectivity index is 1.77. The van der Waals surface area contributed by atoms with E-state index in [2.05, 4.69) is 49.0 Å². The van der Waals surface area contributed by atoms with Crippen LogP contribution in [0.1, 0.15) is 63.1 Å². The number of nitrogens with zero attached hydrogens (tertiary/aromatic N) is 4. The fourth-order valence-corrected chi connectivity index (χ4v) is 6.11. The summed E-state index contributed by atoms with van der Waals surface area (Å²) in [5, 5.41) is 21.4. The topological polar surface area (TPSA) is 150 Å². The molecule has 5 rings (SSSR count). The number of nitrogens with two attached hydrogens (primary N) is 2. The summed E-state index contributed by atoms with van der Waals surface area (Å²) >= 11 is 6.74. The highest BCUT2D eigenvalue weighted by Crippen LogP contribution is 2.52. The molecule has 1 aliphatic carbocycles. The van der Waals surface area contributed by atoms with Crippen LogP contribution in [0.4, 0.5) is 11.6 Å². The summed E-state index contributed by atoms with van der Waals surface area (Å²) in [4.78, 5) is 34.4. The molecule has 1 atom stereocenters. The molecule has 1 saturated heterocycles. The highest BCUT2D eigenvalue weighted by Gasteiger charge is 2.53. The van der Waals surface area contributed by atoms with Gasteiger partial charge in [-0.05, 0) is 55.7 Å². The van der Waals surface area contributed by atoms with Crippen LogP contribution < -0.4 is 16.4 Å². The SMILES string of the molecule is N#Cc1c(N2CCCCC2)nc(N)c2c1C(C#N)(CC(=O)c1ccc(Br)cc1)C(C(=O)c1ccc(Br)cc1)=C2N. The Labute approximate surface area is 248 Å². The Morgan fingerprint density at radius 1 is 0.925 bits per heavy atom. The second-order valence-electron chi connectivity index (χ2n) is 9.85. The molecule has 2 heterocycles. The summed E-state index contributed by atoms with van der Waals surface area (Å²) < 4.78 is 1.56. The van der Waals surface area contributed by atoms with Gasteiger partial charge in [-0.25, -0.2) is 4.98 Å². The molecule has 0 amide bonds. The maximum Gasteiger partial charge on any atom is 0.193 e. The lowest BCUT2D eigenvalue weighted by Crippen LogP contribution is -2.35. The fraction of sp³-hybridized carbons (Fsp3) is 0.233. The van der Waals surface area contributed by atoms with Gasteiger partial charge in [-0.3, -0.25) is 9.59 Å². The van der Waals surface area contributed by atoms with Crippen molar-refractivity contribution in [3.63, 3.8) is 0 Å². The number of piperidine rings is 1. The average molecular weight is 660 g/mol. The van der Waals surface area contributed by atoms with Crippen LogP contribution in [-0.2, 0) is 5.41 Å². The van der Waals surface area contributed by atoms with Crippen molar-refractivity contribution in [2.45, 2.75) is 31.1 Å². The number of benzene rings is 2. The molecule has 1 unspecified atom stereocenters. The molecule has 0 radical (unpaired) electrons. The Hall–Kier alpha value is -3.99. The number of Topliss-reactive ketones (excluding diaryl/α,β-unsaturated/α-hetero) is 2. The van der Waals surface area contributed by atoms with E-state index in [4.69, 9.17) is 11.5 Å². The van der Waals surface area contributed by atoms with E-state index < -0.39 is 17.6 Å². The van der Waals surface area contributed by atoms with Gasteiger partial charge >= 0.3 is 0 Å². The summed E-state index contributed by atoms with van der Waals surface area (Å²) in [6.07, 6.45) is 2.49. The smallest absolute Gasteiger partial charge is 0.193 e. The van der Waals surface area contributed by atoms with Crippen LogP contribution in [0.5, 0.6) is 0 Å². The summed E-state index contributed by atoms with van der Waals surface area (Å²) in [5.41, 5.74) is 12.2. The molecule has 3 aromatic rings. The molecule has 0 saturated carbocycles. The first-order valence-corrected chi connectivity index (χ1v) is 14.3. The first-order valence-electron chi connectivity index (χ1n) is 12.7. The van der Waals surface area contributed by atoms with Gasteiger partial charge in [-0.2, -0.15) is 10.5 Å². The zero-order chi connectivity index (χ0) is 28.6. The zero-order valence-corrected chi connectivity index (χ0v) is 24.5. The molecule has 1 fully saturated rings. The van der Waals surface area contributed by atoms with Gasteiger partial charge in [-0.1, -0.05) is 44.0 Å². The minimum Gasteiger partial charge on any atom is -0.398 e. The highest BCUT2D eigenvalue weighted by atomic mass is 79.9. The Kier molecular flexibility index (Phi) is 7.50. The molecule has 1 aromatic heterocycles. The first-order chi connectivity index (χ1) is 19.2. The fourth-order valence-electron chi connectivity index (χ4n) is 5.58. The first kappa shape index (κ1) is 27.6. The molecule has 0 bridgehead atoms. The van der Waals surface area contributed by atoms with Crippen molar-refractivity contribution in [3.8, 4) is 12.1 Å². The van der Waals surface area contributed by atoms with Crippen molar-refractivity contribution < 1.29 is 9.59 Å². The third-order valence-corrected chi connectivity index (χ3v) is 8.54. The molecular formula is C30H24Br2N6O2. The molecule has 4 N–H and O–H groups in total. The van der Waals surface area contributed by atoms with Crippen LogP contribution in [0.25, 0.3) is 5.70 Å². The van der Waals surface area contributed by atoms with Crippen LogP contribution in [0.3, 0.4) is 0 Å². The second kappa shape index (κ2) is 10.9. The number of pyridine rings is 1. The van der Waals surface area contributed by atoms with Crippen LogP contribution in [0.2, 0.25) is 0 Å². The minimum absolute atomic E-state index is 0.0152. The third-order valence-electron chi connectivity index (χ3n) is 7.48. The van der Waals surface area contributed by atoms with Gasteiger partial charge in [0.25, 0.3) is 0 Å². The van der Waals surface area contributed by atoms with E-state index in [1.54, 1.807) is 48.5 Å². The molecule has 1 aliphatic heterocycles. The quantitative estimate of drug-likeness (QED) is 0.322. The normalized spacial score (nSPS) is 18.1. The van der Waals surface area contributed by atoms with Crippen molar-refractivity contribution in [1.82, 2.24) is 4.98 Å². The minimum atomic E-state index is -1.86. The number of fused-ring (bicyclic) bond motifs is 1. The van der Waals surface area contributed by atoms with Gasteiger partial charge in [-0.15, -0.1) is 0 Å². The molecule has 40 heavy (non-hydrogen) atoms. The number of carbonyl (C=O) groups is 2. The predicted octanol–water partition coefficient (Wildman–Crippen LogP) is 5.65. The van der Waals surface area contributed by atoms with E-state index in [-0.39, 0.29) is 45.1 Å². The Bertz CT molecular complexity index is 1650. The molecule has 200 valence electrons. The van der Waals surface area contributed by atoms with E-state index in [9.17, 15) is 20.1 Å². The average Bonchev–Trinajstić information content (AvgIpc) is 3.22. The maximum absolute atomic E-state index is 14.1. The number of ketones is 2. The van der Waals surface area contributed by atoms with E-state index >= 15 is 0 Å². The van der Waals surface area contributed by atoms with Gasteiger partial charge in [0.15, 0.2) is 11.6 Å². The lowest BCUT2D eigenvalue weighted by molar-refractivity contribution is 0.0961. The summed E-state index contributed by atoms with van der Waals surface area (Å²) in [5.74, 6) is -0.538. The zero-order valence-electron chi connectivity index (χ0n) is 21.4. The number of allylic oxidation sites excluding steroid dienone is 1. The van der Waals surface area contributed by atoms with Gasteiger partial charge in [0.1, 0.15) is 28.7 Å². The van der Waals surface area contributed by atoms with E-state index in [1.807, 2.05) is 4.90 Å². The number of carbonyl (C=O) groups excluding carboxylic acids is 2. The number of nitrogen functional groups attached to an aromatic ring is 1. The number of hydrogen-bond donors (Lipinski definition) is 2. The molecule has 2 aromatic carbocycles. The van der Waals surface area contributed by atoms with Crippen molar-refractivity contribution in [1.29, 1.82) is 10.5 Å². The number of aromatic nitrogens is 1. The number of rotatable bonds is 6. The monoisotopic (exact) mass is 658 g/mol. The number of halogens is 2. The molecule has 8 nitrogen and oxygen atoms in total. The third kappa shape index (κ3) is 4.57. The van der Waals surface area contributed by atoms with Crippen molar-refractivity contribution in [3.05, 3.63) is 90.9 Å². The largest absolute Gasteiger partial charge is 0.398 e. The van der Waals surface area contributed by atoms with Crippen molar-refractivity contribution >= 4 is 60.8 Å². The van der Waals surface area contributed by atoms with Crippen molar-refractivity contribution in [2.24, 2.45) is 5.73 Å². The standard InChI is InChI=1S/C30H24Br2N6O2/c31-19-8-4-17(5-9-19)22(39)14-30(16-34)24-21(15-33)29(38-12-2-1-3-13-38)37-28(36)23(24)26(35)25(30)27(40)18-6-10-20(32)11-7-18/h4-11H,1-3,12-14,35H2,(H2,36,37).